The largest absolute Gasteiger partial charge is 0.294 e. The second kappa shape index (κ2) is 5.44. The minimum absolute atomic E-state index is 0.301. The van der Waals surface area contributed by atoms with Crippen LogP contribution in [-0.4, -0.2) is 13.9 Å². The van der Waals surface area contributed by atoms with Crippen LogP contribution in [0.15, 0.2) is 30.3 Å². The Bertz CT molecular complexity index is 338. The Morgan fingerprint density at radius 2 is 1.75 bits per heavy atom. The van der Waals surface area contributed by atoms with Gasteiger partial charge in [0.1, 0.15) is 0 Å². The van der Waals surface area contributed by atoms with E-state index >= 15 is 0 Å². The third-order valence-corrected chi connectivity index (χ3v) is 6.31. The van der Waals surface area contributed by atoms with E-state index < -0.39 is 8.07 Å². The van der Waals surface area contributed by atoms with Crippen molar-refractivity contribution in [1.29, 1.82) is 0 Å². The Kier molecular flexibility index (Phi) is 4.48. The van der Waals surface area contributed by atoms with Crippen LogP contribution in [0.5, 0.6) is 0 Å². The standard InChI is InChI=1S/C14H22OSi/c1-5-13(16(2,3)4)11-14(15)12-9-7-6-8-10-12/h6-10,13H,5,11H2,1-4H3. The molecule has 1 atom stereocenters. The van der Waals surface area contributed by atoms with E-state index in [1.807, 2.05) is 30.3 Å². The van der Waals surface area contributed by atoms with Gasteiger partial charge < -0.3 is 0 Å². The molecule has 0 N–H and O–H groups in total. The Balaban J connectivity index is 2.71. The van der Waals surface area contributed by atoms with Crippen LogP contribution in [0.3, 0.4) is 0 Å². The van der Waals surface area contributed by atoms with Gasteiger partial charge >= 0.3 is 0 Å². The maximum atomic E-state index is 12.1. The molecule has 0 radical (unpaired) electrons. The number of hydrogen-bond acceptors (Lipinski definition) is 1. The molecule has 0 aromatic heterocycles. The molecule has 1 rings (SSSR count). The summed E-state index contributed by atoms with van der Waals surface area (Å²) >= 11 is 0. The Morgan fingerprint density at radius 3 is 2.19 bits per heavy atom. The molecular weight excluding hydrogens is 212 g/mol. The maximum absolute atomic E-state index is 12.1. The fraction of sp³-hybridized carbons (Fsp3) is 0.500. The van der Waals surface area contributed by atoms with Crippen LogP contribution in [0.25, 0.3) is 0 Å². The lowest BCUT2D eigenvalue weighted by Crippen LogP contribution is -2.29. The highest BCUT2D eigenvalue weighted by molar-refractivity contribution is 6.77. The van der Waals surface area contributed by atoms with Gasteiger partial charge in [-0.2, -0.15) is 0 Å². The molecule has 0 spiro atoms. The molecule has 0 bridgehead atoms. The molecular formula is C14H22OSi. The van der Waals surface area contributed by atoms with Crippen LogP contribution >= 0.6 is 0 Å². The number of carbonyl (C=O) groups excluding carboxylic acids is 1. The molecule has 0 heterocycles. The van der Waals surface area contributed by atoms with Crippen molar-refractivity contribution in [2.45, 2.75) is 44.9 Å². The van der Waals surface area contributed by atoms with Gasteiger partial charge in [0.2, 0.25) is 0 Å². The minimum Gasteiger partial charge on any atom is -0.294 e. The molecule has 1 nitrogen and oxygen atoms in total. The summed E-state index contributed by atoms with van der Waals surface area (Å²) in [5.41, 5.74) is 1.46. The highest BCUT2D eigenvalue weighted by Gasteiger charge is 2.27. The van der Waals surface area contributed by atoms with Crippen molar-refractivity contribution in [3.63, 3.8) is 0 Å². The first-order valence-electron chi connectivity index (χ1n) is 6.03. The lowest BCUT2D eigenvalue weighted by Gasteiger charge is -2.27. The van der Waals surface area contributed by atoms with Crippen LogP contribution in [-0.2, 0) is 0 Å². The summed E-state index contributed by atoms with van der Waals surface area (Å²) in [5, 5.41) is 0. The van der Waals surface area contributed by atoms with E-state index in [0.717, 1.165) is 18.4 Å². The van der Waals surface area contributed by atoms with Crippen LogP contribution in [0.4, 0.5) is 0 Å². The predicted molar refractivity (Wildman–Crippen MR) is 72.8 cm³/mol. The summed E-state index contributed by atoms with van der Waals surface area (Å²) in [6, 6.07) is 9.65. The van der Waals surface area contributed by atoms with Crippen LogP contribution in [0.1, 0.15) is 30.1 Å². The number of Topliss-reactive ketones (excluding diaryl/α,β-unsaturated/α-hetero) is 1. The first kappa shape index (κ1) is 13.2. The normalized spacial score (nSPS) is 13.5. The Morgan fingerprint density at radius 1 is 1.19 bits per heavy atom. The topological polar surface area (TPSA) is 17.1 Å². The number of ketones is 1. The molecule has 0 saturated heterocycles. The quantitative estimate of drug-likeness (QED) is 0.546. The first-order valence-corrected chi connectivity index (χ1v) is 9.61. The van der Waals surface area contributed by atoms with Gasteiger partial charge in [-0.1, -0.05) is 63.3 Å². The Labute approximate surface area is 99.9 Å². The van der Waals surface area contributed by atoms with Gasteiger partial charge in [-0.3, -0.25) is 4.79 Å². The molecule has 88 valence electrons. The van der Waals surface area contributed by atoms with Gasteiger partial charge in [0.25, 0.3) is 0 Å². The van der Waals surface area contributed by atoms with Gasteiger partial charge in [0.05, 0.1) is 0 Å². The number of benzene rings is 1. The number of hydrogen-bond donors (Lipinski definition) is 0. The highest BCUT2D eigenvalue weighted by Crippen LogP contribution is 2.30. The van der Waals surface area contributed by atoms with Crippen molar-refractivity contribution >= 4 is 13.9 Å². The van der Waals surface area contributed by atoms with E-state index in [1.165, 1.54) is 0 Å². The van der Waals surface area contributed by atoms with Gasteiger partial charge in [0.15, 0.2) is 5.78 Å². The van der Waals surface area contributed by atoms with Crippen molar-refractivity contribution in [3.8, 4) is 0 Å². The fourth-order valence-corrected chi connectivity index (χ4v) is 4.05. The Hall–Kier alpha value is -0.893. The molecule has 0 aliphatic heterocycles. The molecule has 2 heteroatoms. The smallest absolute Gasteiger partial charge is 0.162 e. The summed E-state index contributed by atoms with van der Waals surface area (Å²) in [4.78, 5) is 12.1. The number of rotatable bonds is 5. The van der Waals surface area contributed by atoms with Crippen molar-refractivity contribution in [2.75, 3.05) is 0 Å². The molecule has 0 aliphatic carbocycles. The molecule has 1 unspecified atom stereocenters. The van der Waals surface area contributed by atoms with E-state index in [9.17, 15) is 4.79 Å². The van der Waals surface area contributed by atoms with Crippen molar-refractivity contribution < 1.29 is 4.79 Å². The van der Waals surface area contributed by atoms with E-state index in [-0.39, 0.29) is 0 Å². The van der Waals surface area contributed by atoms with E-state index in [1.54, 1.807) is 0 Å². The van der Waals surface area contributed by atoms with Gasteiger partial charge in [-0.05, 0) is 5.54 Å². The molecule has 0 aliphatic rings. The molecule has 1 aromatic carbocycles. The summed E-state index contributed by atoms with van der Waals surface area (Å²) < 4.78 is 0. The average Bonchev–Trinajstić information content (AvgIpc) is 2.25. The van der Waals surface area contributed by atoms with Crippen LogP contribution in [0, 0.1) is 0 Å². The molecule has 16 heavy (non-hydrogen) atoms. The van der Waals surface area contributed by atoms with E-state index in [2.05, 4.69) is 26.6 Å². The number of carbonyl (C=O) groups is 1. The highest BCUT2D eigenvalue weighted by atomic mass is 28.3. The van der Waals surface area contributed by atoms with Gasteiger partial charge in [-0.15, -0.1) is 0 Å². The van der Waals surface area contributed by atoms with E-state index in [4.69, 9.17) is 0 Å². The average molecular weight is 234 g/mol. The zero-order valence-corrected chi connectivity index (χ0v) is 11.8. The van der Waals surface area contributed by atoms with Gasteiger partial charge in [-0.25, -0.2) is 0 Å². The minimum atomic E-state index is -1.20. The second-order valence-electron chi connectivity index (χ2n) is 5.46. The van der Waals surface area contributed by atoms with Gasteiger partial charge in [0, 0.05) is 20.1 Å². The monoisotopic (exact) mass is 234 g/mol. The fourth-order valence-electron chi connectivity index (χ4n) is 2.03. The molecule has 1 aromatic rings. The summed E-state index contributed by atoms with van der Waals surface area (Å²) in [6.07, 6.45) is 1.84. The SMILES string of the molecule is CCC(CC(=O)c1ccccc1)[Si](C)(C)C. The van der Waals surface area contributed by atoms with Crippen molar-refractivity contribution in [1.82, 2.24) is 0 Å². The molecule has 0 fully saturated rings. The van der Waals surface area contributed by atoms with Crippen LogP contribution in [0.2, 0.25) is 25.2 Å². The third kappa shape index (κ3) is 3.60. The lowest BCUT2D eigenvalue weighted by atomic mass is 10.1. The van der Waals surface area contributed by atoms with Crippen LogP contribution < -0.4 is 0 Å². The zero-order chi connectivity index (χ0) is 12.2. The second-order valence-corrected chi connectivity index (χ2v) is 11.0. The lowest BCUT2D eigenvalue weighted by molar-refractivity contribution is 0.0979. The summed E-state index contributed by atoms with van der Waals surface area (Å²) in [5.74, 6) is 0.301. The molecule has 0 amide bonds. The predicted octanol–water partition coefficient (Wildman–Crippen LogP) is 4.38. The summed E-state index contributed by atoms with van der Waals surface area (Å²) in [6.45, 7) is 9.24. The maximum Gasteiger partial charge on any atom is 0.162 e. The third-order valence-electron chi connectivity index (χ3n) is 3.25. The first-order chi connectivity index (χ1) is 7.45. The van der Waals surface area contributed by atoms with E-state index in [0.29, 0.717) is 11.3 Å². The van der Waals surface area contributed by atoms with Crippen molar-refractivity contribution in [2.24, 2.45) is 0 Å². The zero-order valence-electron chi connectivity index (χ0n) is 10.8. The molecule has 0 saturated carbocycles. The van der Waals surface area contributed by atoms with Crippen molar-refractivity contribution in [3.05, 3.63) is 35.9 Å². The summed E-state index contributed by atoms with van der Waals surface area (Å²) in [7, 11) is -1.20.